The van der Waals surface area contributed by atoms with Gasteiger partial charge in [0.2, 0.25) is 0 Å². The minimum absolute atomic E-state index is 0.150. The van der Waals surface area contributed by atoms with Crippen molar-refractivity contribution in [3.8, 4) is 0 Å². The molecule has 0 amide bonds. The summed E-state index contributed by atoms with van der Waals surface area (Å²) in [5, 5.41) is 4.24. The van der Waals surface area contributed by atoms with Crippen LogP contribution in [-0.2, 0) is 4.79 Å². The van der Waals surface area contributed by atoms with Gasteiger partial charge in [0.15, 0.2) is 5.12 Å². The Bertz CT molecular complexity index is 152. The van der Waals surface area contributed by atoms with Crippen molar-refractivity contribution in [3.63, 3.8) is 0 Å². The van der Waals surface area contributed by atoms with Crippen molar-refractivity contribution in [2.75, 3.05) is 19.3 Å². The Balaban J connectivity index is 3.10. The summed E-state index contributed by atoms with van der Waals surface area (Å²) in [6.07, 6.45) is 1.85. The highest BCUT2D eigenvalue weighted by atomic mass is 32.2. The van der Waals surface area contributed by atoms with Crippen molar-refractivity contribution < 1.29 is 4.79 Å². The van der Waals surface area contributed by atoms with Gasteiger partial charge in [-0.15, -0.1) is 4.91 Å². The van der Waals surface area contributed by atoms with Crippen LogP contribution in [0.4, 0.5) is 0 Å². The maximum absolute atomic E-state index is 10.5. The third kappa shape index (κ3) is 7.53. The lowest BCUT2D eigenvalue weighted by atomic mass is 10.3. The fourth-order valence-corrected chi connectivity index (χ4v) is 1.34. The smallest absolute Gasteiger partial charge is 0.185 e. The molecule has 0 aliphatic rings. The SMILES string of the molecule is CC(=O)SCCCCN(C)N=O. The van der Waals surface area contributed by atoms with Gasteiger partial charge in [-0.1, -0.05) is 11.8 Å². The van der Waals surface area contributed by atoms with Gasteiger partial charge >= 0.3 is 0 Å². The first kappa shape index (κ1) is 11.4. The summed E-state index contributed by atoms with van der Waals surface area (Å²) in [5.41, 5.74) is 0. The van der Waals surface area contributed by atoms with Crippen LogP contribution in [-0.4, -0.2) is 29.5 Å². The molecule has 0 saturated carbocycles. The maximum Gasteiger partial charge on any atom is 0.185 e. The van der Waals surface area contributed by atoms with Gasteiger partial charge in [-0.3, -0.25) is 9.80 Å². The molecule has 0 saturated heterocycles. The summed E-state index contributed by atoms with van der Waals surface area (Å²) in [7, 11) is 1.64. The van der Waals surface area contributed by atoms with Crippen LogP contribution in [0.5, 0.6) is 0 Å². The molecule has 0 bridgehead atoms. The fraction of sp³-hybridized carbons (Fsp3) is 0.857. The molecule has 0 unspecified atom stereocenters. The Hall–Kier alpha value is -0.580. The molecular weight excluding hydrogens is 176 g/mol. The van der Waals surface area contributed by atoms with Gasteiger partial charge in [0, 0.05) is 26.3 Å². The van der Waals surface area contributed by atoms with Gasteiger partial charge in [-0.05, 0) is 12.8 Å². The number of carbonyl (C=O) groups is 1. The number of rotatable bonds is 6. The third-order valence-corrected chi connectivity index (χ3v) is 2.22. The molecule has 0 aliphatic carbocycles. The van der Waals surface area contributed by atoms with Crippen LogP contribution < -0.4 is 0 Å². The second-order valence-corrected chi connectivity index (χ2v) is 3.78. The summed E-state index contributed by atoms with van der Waals surface area (Å²) in [4.78, 5) is 20.4. The Morgan fingerprint density at radius 2 is 2.17 bits per heavy atom. The van der Waals surface area contributed by atoms with Gasteiger partial charge in [0.1, 0.15) is 0 Å². The average Bonchev–Trinajstić information content (AvgIpc) is 2.03. The normalized spacial score (nSPS) is 9.50. The highest BCUT2D eigenvalue weighted by Crippen LogP contribution is 2.05. The molecule has 0 atom stereocenters. The first-order valence-electron chi connectivity index (χ1n) is 3.84. The van der Waals surface area contributed by atoms with Crippen LogP contribution in [0.25, 0.3) is 0 Å². The monoisotopic (exact) mass is 190 g/mol. The van der Waals surface area contributed by atoms with E-state index in [4.69, 9.17) is 0 Å². The zero-order valence-corrected chi connectivity index (χ0v) is 8.26. The van der Waals surface area contributed by atoms with E-state index in [0.717, 1.165) is 18.6 Å². The fourth-order valence-electron chi connectivity index (χ4n) is 0.699. The number of nitrogens with zero attached hydrogens (tertiary/aromatic N) is 2. The Morgan fingerprint density at radius 1 is 1.50 bits per heavy atom. The first-order chi connectivity index (χ1) is 5.66. The minimum Gasteiger partial charge on any atom is -0.288 e. The molecule has 0 spiro atoms. The zero-order valence-electron chi connectivity index (χ0n) is 7.45. The molecular formula is C7H14N2O2S. The molecule has 0 rings (SSSR count). The van der Waals surface area contributed by atoms with E-state index < -0.39 is 0 Å². The van der Waals surface area contributed by atoms with Crippen molar-refractivity contribution in [2.24, 2.45) is 5.29 Å². The lowest BCUT2D eigenvalue weighted by molar-refractivity contribution is -0.109. The molecule has 4 nitrogen and oxygen atoms in total. The second kappa shape index (κ2) is 7.09. The Kier molecular flexibility index (Phi) is 6.75. The van der Waals surface area contributed by atoms with Crippen molar-refractivity contribution >= 4 is 16.9 Å². The zero-order chi connectivity index (χ0) is 9.40. The largest absolute Gasteiger partial charge is 0.288 e. The van der Waals surface area contributed by atoms with Crippen LogP contribution in [0.3, 0.4) is 0 Å². The number of unbranched alkanes of at least 4 members (excludes halogenated alkanes) is 1. The van der Waals surface area contributed by atoms with E-state index in [1.54, 1.807) is 14.0 Å². The van der Waals surface area contributed by atoms with Gasteiger partial charge in [0.25, 0.3) is 0 Å². The molecule has 5 heteroatoms. The van der Waals surface area contributed by atoms with E-state index in [-0.39, 0.29) is 5.12 Å². The van der Waals surface area contributed by atoms with Crippen molar-refractivity contribution in [2.45, 2.75) is 19.8 Å². The molecule has 0 radical (unpaired) electrons. The van der Waals surface area contributed by atoms with E-state index in [9.17, 15) is 9.70 Å². The van der Waals surface area contributed by atoms with E-state index in [1.807, 2.05) is 0 Å². The van der Waals surface area contributed by atoms with Crippen LogP contribution in [0.2, 0.25) is 0 Å². The standard InChI is InChI=1S/C7H14N2O2S/c1-7(10)12-6-4-3-5-9(2)8-11/h3-6H2,1-2H3. The Morgan fingerprint density at radius 3 is 2.67 bits per heavy atom. The molecule has 0 aliphatic heterocycles. The molecule has 0 heterocycles. The molecule has 70 valence electrons. The van der Waals surface area contributed by atoms with Gasteiger partial charge in [0.05, 0.1) is 5.29 Å². The van der Waals surface area contributed by atoms with E-state index >= 15 is 0 Å². The van der Waals surface area contributed by atoms with Crippen LogP contribution >= 0.6 is 11.8 Å². The maximum atomic E-state index is 10.5. The van der Waals surface area contributed by atoms with Crippen LogP contribution in [0.1, 0.15) is 19.8 Å². The van der Waals surface area contributed by atoms with Crippen LogP contribution in [0, 0.1) is 4.91 Å². The first-order valence-corrected chi connectivity index (χ1v) is 4.83. The lowest BCUT2D eigenvalue weighted by Crippen LogP contribution is -2.11. The van der Waals surface area contributed by atoms with E-state index in [0.29, 0.717) is 6.54 Å². The predicted octanol–water partition coefficient (Wildman–Crippen LogP) is 1.66. The Labute approximate surface area is 76.6 Å². The van der Waals surface area contributed by atoms with Gasteiger partial charge in [-0.25, -0.2) is 0 Å². The highest BCUT2D eigenvalue weighted by Gasteiger charge is 1.96. The molecule has 0 aromatic heterocycles. The molecule has 0 aromatic carbocycles. The van der Waals surface area contributed by atoms with Crippen LogP contribution in [0.15, 0.2) is 5.29 Å². The number of hydrogen-bond acceptors (Lipinski definition) is 4. The topological polar surface area (TPSA) is 49.7 Å². The molecule has 0 fully saturated rings. The predicted molar refractivity (Wildman–Crippen MR) is 50.8 cm³/mol. The van der Waals surface area contributed by atoms with E-state index in [1.165, 1.54) is 16.8 Å². The third-order valence-electron chi connectivity index (χ3n) is 1.32. The minimum atomic E-state index is 0.150. The van der Waals surface area contributed by atoms with Crippen molar-refractivity contribution in [1.29, 1.82) is 0 Å². The van der Waals surface area contributed by atoms with Crippen molar-refractivity contribution in [3.05, 3.63) is 4.91 Å². The van der Waals surface area contributed by atoms with E-state index in [2.05, 4.69) is 5.29 Å². The van der Waals surface area contributed by atoms with Crippen molar-refractivity contribution in [1.82, 2.24) is 5.01 Å². The highest BCUT2D eigenvalue weighted by molar-refractivity contribution is 8.13. The lowest BCUT2D eigenvalue weighted by Gasteiger charge is -2.06. The van der Waals surface area contributed by atoms with Gasteiger partial charge < -0.3 is 0 Å². The average molecular weight is 190 g/mol. The molecule has 0 N–H and O–H groups in total. The summed E-state index contributed by atoms with van der Waals surface area (Å²) < 4.78 is 0. The summed E-state index contributed by atoms with van der Waals surface area (Å²) in [6.45, 7) is 2.23. The summed E-state index contributed by atoms with van der Waals surface area (Å²) in [6, 6.07) is 0. The summed E-state index contributed by atoms with van der Waals surface area (Å²) in [5.74, 6) is 0.835. The number of hydrogen-bond donors (Lipinski definition) is 0. The molecule has 0 aromatic rings. The number of nitroso groups, excluding NO2 is 1. The van der Waals surface area contributed by atoms with Gasteiger partial charge in [-0.2, -0.15) is 0 Å². The number of carbonyl (C=O) groups excluding carboxylic acids is 1. The second-order valence-electron chi connectivity index (χ2n) is 2.51. The molecule has 12 heavy (non-hydrogen) atoms. The quantitative estimate of drug-likeness (QED) is 0.363. The number of thioether (sulfide) groups is 1. The summed E-state index contributed by atoms with van der Waals surface area (Å²) >= 11 is 1.32.